The highest BCUT2D eigenvalue weighted by Crippen LogP contribution is 2.28. The molecule has 136 valence electrons. The maximum atomic E-state index is 10.1. The molecular formula is C5H18B4F4N2O8. The predicted octanol–water partition coefficient (Wildman–Crippen LogP) is -3.71. The van der Waals surface area contributed by atoms with Gasteiger partial charge in [-0.15, -0.1) is 0 Å². The number of hydrogen-bond donors (Lipinski definition) is 10. The van der Waals surface area contributed by atoms with E-state index in [4.69, 9.17) is 45.6 Å². The van der Waals surface area contributed by atoms with E-state index in [1.54, 1.807) is 7.05 Å². The van der Waals surface area contributed by atoms with E-state index in [2.05, 4.69) is 5.32 Å². The molecule has 10 N–H and O–H groups in total. The van der Waals surface area contributed by atoms with E-state index < -0.39 is 29.6 Å². The third-order valence-corrected chi connectivity index (χ3v) is 1.25. The first-order valence-corrected chi connectivity index (χ1v) is 5.54. The van der Waals surface area contributed by atoms with Crippen LogP contribution in [0.3, 0.4) is 0 Å². The van der Waals surface area contributed by atoms with Gasteiger partial charge in [-0.05, 0) is 12.8 Å². The summed E-state index contributed by atoms with van der Waals surface area (Å²) in [6, 6.07) is 0. The van der Waals surface area contributed by atoms with Gasteiger partial charge in [0.15, 0.2) is 0 Å². The van der Waals surface area contributed by atoms with Crippen LogP contribution in [0.4, 0.5) is 17.3 Å². The quantitative estimate of drug-likeness (QED) is 0.0975. The first-order chi connectivity index (χ1) is 10.3. The van der Waals surface area contributed by atoms with Crippen molar-refractivity contribution in [2.45, 2.75) is 12.8 Å². The highest BCUT2D eigenvalue weighted by atomic mass is 19.1. The molecule has 1 rings (SSSR count). The second-order valence-electron chi connectivity index (χ2n) is 3.18. The first kappa shape index (κ1) is 30.1. The first-order valence-electron chi connectivity index (χ1n) is 5.54. The summed E-state index contributed by atoms with van der Waals surface area (Å²) in [5.41, 5.74) is 0. The summed E-state index contributed by atoms with van der Waals surface area (Å²) in [5.74, 6) is 1.30. The Balaban J connectivity index is -0.000000102. The van der Waals surface area contributed by atoms with Crippen LogP contribution < -0.4 is 5.32 Å². The topological polar surface area (TPSA) is 198 Å². The van der Waals surface area contributed by atoms with E-state index in [-0.39, 0.29) is 0 Å². The van der Waals surface area contributed by atoms with Gasteiger partial charge in [-0.1, -0.05) is 0 Å². The van der Waals surface area contributed by atoms with Crippen LogP contribution >= 0.6 is 0 Å². The van der Waals surface area contributed by atoms with Crippen LogP contribution in [0.1, 0.15) is 12.8 Å². The van der Waals surface area contributed by atoms with Crippen LogP contribution in [0.5, 0.6) is 0 Å². The summed E-state index contributed by atoms with van der Waals surface area (Å²) in [4.78, 5) is 0. The Kier molecular flexibility index (Phi) is 27.6. The molecule has 0 bridgehead atoms. The molecule has 1 saturated carbocycles. The van der Waals surface area contributed by atoms with E-state index >= 15 is 0 Å². The molecule has 0 amide bonds. The zero-order valence-electron chi connectivity index (χ0n) is 11.9. The van der Waals surface area contributed by atoms with Crippen molar-refractivity contribution in [3.8, 4) is 0 Å². The molecule has 0 aromatic rings. The fourth-order valence-electron chi connectivity index (χ4n) is 0.576. The van der Waals surface area contributed by atoms with E-state index in [0.29, 0.717) is 11.8 Å². The Morgan fingerprint density at radius 1 is 0.783 bits per heavy atom. The molecule has 1 aliphatic rings. The molecular weight excluding hydrogens is 335 g/mol. The fraction of sp³-hybridized carbons (Fsp3) is 0.800. The maximum absolute atomic E-state index is 10.1. The van der Waals surface area contributed by atoms with E-state index in [1.807, 2.05) is 0 Å². The molecule has 0 heterocycles. The molecule has 0 unspecified atom stereocenters. The minimum Gasteiger partial charge on any atom is -0.398 e. The largest absolute Gasteiger partial charge is 0.674 e. The number of nitrogens with one attached hydrogen (secondary N) is 2. The van der Waals surface area contributed by atoms with Gasteiger partial charge in [0.2, 0.25) is 0 Å². The molecule has 0 saturated heterocycles. The molecule has 0 atom stereocenters. The van der Waals surface area contributed by atoms with Gasteiger partial charge in [-0.25, -0.2) is 0 Å². The zero-order valence-corrected chi connectivity index (χ0v) is 11.9. The van der Waals surface area contributed by atoms with Crippen molar-refractivity contribution < 1.29 is 57.5 Å². The van der Waals surface area contributed by atoms with Crippen molar-refractivity contribution >= 4 is 35.4 Å². The SMILES string of the molecule is CNC(=N)C1CC1.OB(O)F.OB(O)F.OB(O)F.OB(O)F. The lowest BCUT2D eigenvalue weighted by Gasteiger charge is -1.94. The number of hydrogen-bond acceptors (Lipinski definition) is 9. The van der Waals surface area contributed by atoms with Crippen molar-refractivity contribution in [2.75, 3.05) is 7.05 Å². The summed E-state index contributed by atoms with van der Waals surface area (Å²) in [6.07, 6.45) is 2.44. The van der Waals surface area contributed by atoms with Gasteiger partial charge >= 0.3 is 29.6 Å². The highest BCUT2D eigenvalue weighted by molar-refractivity contribution is 6.32. The lowest BCUT2D eigenvalue weighted by atomic mass is 10.3. The van der Waals surface area contributed by atoms with Crippen LogP contribution in [0.15, 0.2) is 0 Å². The summed E-state index contributed by atoms with van der Waals surface area (Å²) in [6.45, 7) is 0. The van der Waals surface area contributed by atoms with E-state index in [9.17, 15) is 17.3 Å². The molecule has 0 aromatic carbocycles. The van der Waals surface area contributed by atoms with Crippen LogP contribution in [-0.2, 0) is 0 Å². The van der Waals surface area contributed by atoms with Crippen LogP contribution in [0, 0.1) is 11.3 Å². The number of halogens is 4. The van der Waals surface area contributed by atoms with Crippen LogP contribution in [0.25, 0.3) is 0 Å². The second kappa shape index (κ2) is 21.1. The minimum atomic E-state index is -2.67. The molecule has 1 aliphatic carbocycles. The number of amidine groups is 1. The van der Waals surface area contributed by atoms with Crippen LogP contribution in [-0.4, -0.2) is 82.7 Å². The van der Waals surface area contributed by atoms with Gasteiger partial charge in [0.25, 0.3) is 0 Å². The summed E-state index contributed by atoms with van der Waals surface area (Å²) >= 11 is 0. The monoisotopic (exact) mass is 354 g/mol. The Hall–Kier alpha value is -0.870. The minimum absolute atomic E-state index is 0.588. The third-order valence-electron chi connectivity index (χ3n) is 1.25. The van der Waals surface area contributed by atoms with Crippen molar-refractivity contribution in [3.63, 3.8) is 0 Å². The van der Waals surface area contributed by atoms with Gasteiger partial charge in [0.05, 0.1) is 5.84 Å². The normalized spacial score (nSPS) is 10.5. The Morgan fingerprint density at radius 2 is 0.957 bits per heavy atom. The van der Waals surface area contributed by atoms with E-state index in [0.717, 1.165) is 0 Å². The fourth-order valence-corrected chi connectivity index (χ4v) is 0.576. The Morgan fingerprint density at radius 3 is 1.00 bits per heavy atom. The van der Waals surface area contributed by atoms with Crippen LogP contribution in [0.2, 0.25) is 0 Å². The molecule has 18 heteroatoms. The van der Waals surface area contributed by atoms with Crippen molar-refractivity contribution in [1.29, 1.82) is 5.41 Å². The molecule has 0 radical (unpaired) electrons. The average Bonchev–Trinajstić information content (AvgIpc) is 3.08. The standard InChI is InChI=1S/C5H10N2.4BFH2O2/c1-7-5(6)4-2-3-4;4*2-1(3)4/h4H,2-3H2,1H3,(H2,6,7);4*3-4H. The lowest BCUT2D eigenvalue weighted by molar-refractivity contribution is 0.338. The maximum Gasteiger partial charge on any atom is 0.674 e. The zero-order chi connectivity index (χ0) is 19.6. The molecule has 23 heavy (non-hydrogen) atoms. The smallest absolute Gasteiger partial charge is 0.398 e. The van der Waals surface area contributed by atoms with Gasteiger partial charge < -0.3 is 45.5 Å². The molecule has 0 spiro atoms. The van der Waals surface area contributed by atoms with Gasteiger partial charge in [-0.2, -0.15) is 0 Å². The van der Waals surface area contributed by atoms with Gasteiger partial charge in [0.1, 0.15) is 0 Å². The second-order valence-corrected chi connectivity index (χ2v) is 3.18. The number of rotatable bonds is 1. The summed E-state index contributed by atoms with van der Waals surface area (Å²) < 4.78 is 40.4. The molecule has 0 aliphatic heterocycles. The van der Waals surface area contributed by atoms with Crippen molar-refractivity contribution in [3.05, 3.63) is 0 Å². The third kappa shape index (κ3) is 117. The highest BCUT2D eigenvalue weighted by Gasteiger charge is 2.25. The summed E-state index contributed by atoms with van der Waals surface area (Å²) in [7, 11) is -8.86. The van der Waals surface area contributed by atoms with Crippen molar-refractivity contribution in [1.82, 2.24) is 5.32 Å². The Labute approximate surface area is 130 Å². The molecule has 1 fully saturated rings. The van der Waals surface area contributed by atoms with Gasteiger partial charge in [0, 0.05) is 13.0 Å². The van der Waals surface area contributed by atoms with Gasteiger partial charge in [-0.3, -0.25) is 22.7 Å². The summed E-state index contributed by atoms with van der Waals surface area (Å²) in [5, 5.41) is 65.5. The van der Waals surface area contributed by atoms with E-state index in [1.165, 1.54) is 12.8 Å². The average molecular weight is 353 g/mol. The molecule has 10 nitrogen and oxygen atoms in total. The lowest BCUT2D eigenvalue weighted by Crippen LogP contribution is -2.18. The predicted molar refractivity (Wildman–Crippen MR) is 74.7 cm³/mol. The van der Waals surface area contributed by atoms with Crippen molar-refractivity contribution in [2.24, 2.45) is 5.92 Å². The molecule has 0 aromatic heterocycles. The Bertz CT molecular complexity index is 219.